The predicted octanol–water partition coefficient (Wildman–Crippen LogP) is 1.27. The molecule has 1 heterocycles. The van der Waals surface area contributed by atoms with Gasteiger partial charge >= 0.3 is 5.97 Å². The molecule has 0 aromatic carbocycles. The van der Waals surface area contributed by atoms with Crippen LogP contribution in [0.15, 0.2) is 0 Å². The zero-order valence-electron chi connectivity index (χ0n) is 10.9. The average Bonchev–Trinajstić information content (AvgIpc) is 2.15. The molecule has 1 aliphatic heterocycles. The minimum absolute atomic E-state index is 0.141. The summed E-state index contributed by atoms with van der Waals surface area (Å²) in [6, 6.07) is -0.141. The van der Waals surface area contributed by atoms with E-state index in [1.807, 2.05) is 27.7 Å². The molecule has 1 atom stereocenters. The lowest BCUT2D eigenvalue weighted by Crippen LogP contribution is -2.62. The van der Waals surface area contributed by atoms with Crippen molar-refractivity contribution in [2.24, 2.45) is 0 Å². The highest BCUT2D eigenvalue weighted by Crippen LogP contribution is 2.37. The molecule has 1 saturated heterocycles. The second-order valence-electron chi connectivity index (χ2n) is 5.48. The monoisotopic (exact) mass is 243 g/mol. The Kier molecular flexibility index (Phi) is 3.81. The summed E-state index contributed by atoms with van der Waals surface area (Å²) in [5, 5.41) is 9.52. The van der Waals surface area contributed by atoms with Crippen LogP contribution in [0.1, 0.15) is 40.5 Å². The molecule has 1 aliphatic rings. The quantitative estimate of drug-likeness (QED) is 0.755. The molecule has 5 heteroatoms. The van der Waals surface area contributed by atoms with Gasteiger partial charge in [-0.3, -0.25) is 4.79 Å². The van der Waals surface area contributed by atoms with Gasteiger partial charge in [0.2, 0.25) is 6.41 Å². The van der Waals surface area contributed by atoms with Crippen LogP contribution in [-0.4, -0.2) is 46.2 Å². The van der Waals surface area contributed by atoms with E-state index in [9.17, 15) is 14.7 Å². The number of carboxylic acids is 1. The van der Waals surface area contributed by atoms with Crippen molar-refractivity contribution >= 4 is 12.4 Å². The summed E-state index contributed by atoms with van der Waals surface area (Å²) in [5.74, 6) is -0.949. The first kappa shape index (κ1) is 14.0. The fourth-order valence-corrected chi connectivity index (χ4v) is 2.57. The molecule has 0 radical (unpaired) electrons. The topological polar surface area (TPSA) is 66.8 Å². The smallest absolute Gasteiger partial charge is 0.329 e. The van der Waals surface area contributed by atoms with Crippen molar-refractivity contribution in [1.29, 1.82) is 0 Å². The Morgan fingerprint density at radius 2 is 2.06 bits per heavy atom. The first-order chi connectivity index (χ1) is 7.75. The third-order valence-electron chi connectivity index (χ3n) is 3.29. The van der Waals surface area contributed by atoms with Crippen molar-refractivity contribution in [2.45, 2.75) is 57.7 Å². The highest BCUT2D eigenvalue weighted by Gasteiger charge is 2.51. The van der Waals surface area contributed by atoms with E-state index in [4.69, 9.17) is 4.74 Å². The molecule has 0 spiro atoms. The number of ether oxygens (including phenoxy) is 1. The van der Waals surface area contributed by atoms with Crippen molar-refractivity contribution in [3.05, 3.63) is 0 Å². The van der Waals surface area contributed by atoms with Crippen LogP contribution in [0, 0.1) is 0 Å². The summed E-state index contributed by atoms with van der Waals surface area (Å²) in [5.41, 5.74) is -1.66. The maximum absolute atomic E-state index is 11.6. The lowest BCUT2D eigenvalue weighted by atomic mass is 9.79. The van der Waals surface area contributed by atoms with Crippen LogP contribution in [0.2, 0.25) is 0 Å². The average molecular weight is 243 g/mol. The molecule has 5 nitrogen and oxygen atoms in total. The number of carbonyl (C=O) groups excluding carboxylic acids is 1. The van der Waals surface area contributed by atoms with Crippen molar-refractivity contribution in [3.63, 3.8) is 0 Å². The van der Waals surface area contributed by atoms with Crippen LogP contribution in [0.4, 0.5) is 0 Å². The maximum atomic E-state index is 11.6. The third-order valence-corrected chi connectivity index (χ3v) is 3.29. The zero-order valence-corrected chi connectivity index (χ0v) is 10.9. The van der Waals surface area contributed by atoms with Gasteiger partial charge in [0.25, 0.3) is 0 Å². The van der Waals surface area contributed by atoms with E-state index >= 15 is 0 Å². The van der Waals surface area contributed by atoms with E-state index in [0.29, 0.717) is 25.9 Å². The number of hydrogen-bond acceptors (Lipinski definition) is 3. The van der Waals surface area contributed by atoms with E-state index in [-0.39, 0.29) is 6.04 Å². The molecular weight excluding hydrogens is 222 g/mol. The Balaban J connectivity index is 3.12. The highest BCUT2D eigenvalue weighted by atomic mass is 16.5. The largest absolute Gasteiger partial charge is 0.479 e. The van der Waals surface area contributed by atoms with Gasteiger partial charge in [0.1, 0.15) is 5.54 Å². The Morgan fingerprint density at radius 3 is 2.41 bits per heavy atom. The Morgan fingerprint density at radius 1 is 1.47 bits per heavy atom. The highest BCUT2D eigenvalue weighted by molar-refractivity contribution is 5.82. The van der Waals surface area contributed by atoms with Crippen LogP contribution >= 0.6 is 0 Å². The fourth-order valence-electron chi connectivity index (χ4n) is 2.57. The van der Waals surface area contributed by atoms with Gasteiger partial charge in [0.15, 0.2) is 0 Å². The summed E-state index contributed by atoms with van der Waals surface area (Å²) in [6.07, 6.45) is 1.29. The van der Waals surface area contributed by atoms with Crippen molar-refractivity contribution in [3.8, 4) is 0 Å². The molecule has 1 amide bonds. The summed E-state index contributed by atoms with van der Waals surface area (Å²) >= 11 is 0. The number of hydrogen-bond donors (Lipinski definition) is 1. The van der Waals surface area contributed by atoms with Gasteiger partial charge < -0.3 is 14.7 Å². The van der Waals surface area contributed by atoms with Gasteiger partial charge in [-0.05, 0) is 27.7 Å². The van der Waals surface area contributed by atoms with E-state index < -0.39 is 17.1 Å². The van der Waals surface area contributed by atoms with Gasteiger partial charge in [0, 0.05) is 18.9 Å². The van der Waals surface area contributed by atoms with Crippen LogP contribution in [-0.2, 0) is 14.3 Å². The van der Waals surface area contributed by atoms with E-state index in [0.717, 1.165) is 0 Å². The Hall–Kier alpha value is -1.10. The number of nitrogens with zero attached hydrogens (tertiary/aromatic N) is 1. The molecule has 0 aromatic heterocycles. The number of carboxylic acid groups (broad SMARTS) is 1. The molecule has 0 bridgehead atoms. The zero-order chi connectivity index (χ0) is 13.3. The second kappa shape index (κ2) is 4.64. The lowest BCUT2D eigenvalue weighted by Gasteiger charge is -2.48. The third kappa shape index (κ3) is 2.60. The Labute approximate surface area is 102 Å². The summed E-state index contributed by atoms with van der Waals surface area (Å²) in [7, 11) is 0. The van der Waals surface area contributed by atoms with Gasteiger partial charge in [-0.2, -0.15) is 0 Å². The summed E-state index contributed by atoms with van der Waals surface area (Å²) in [4.78, 5) is 24.2. The molecule has 0 saturated carbocycles. The first-order valence-corrected chi connectivity index (χ1v) is 5.86. The summed E-state index contributed by atoms with van der Waals surface area (Å²) in [6.45, 7) is 7.71. The van der Waals surface area contributed by atoms with Crippen molar-refractivity contribution in [2.75, 3.05) is 6.61 Å². The van der Waals surface area contributed by atoms with E-state index in [1.54, 1.807) is 0 Å². The molecule has 17 heavy (non-hydrogen) atoms. The maximum Gasteiger partial charge on any atom is 0.329 e. The van der Waals surface area contributed by atoms with Crippen LogP contribution in [0.25, 0.3) is 0 Å². The number of aliphatic carboxylic acids is 1. The summed E-state index contributed by atoms with van der Waals surface area (Å²) < 4.78 is 5.54. The van der Waals surface area contributed by atoms with E-state index in [2.05, 4.69) is 0 Å². The minimum atomic E-state index is -1.14. The molecule has 0 aromatic rings. The number of carbonyl (C=O) groups is 2. The minimum Gasteiger partial charge on any atom is -0.479 e. The van der Waals surface area contributed by atoms with Crippen molar-refractivity contribution < 1.29 is 19.4 Å². The van der Waals surface area contributed by atoms with Gasteiger partial charge in [-0.15, -0.1) is 0 Å². The normalized spacial score (nSPS) is 27.8. The van der Waals surface area contributed by atoms with Gasteiger partial charge in [-0.1, -0.05) is 0 Å². The van der Waals surface area contributed by atoms with Crippen LogP contribution in [0.3, 0.4) is 0 Å². The standard InChI is InChI=1S/C12H21NO4/c1-9(2)13(8-14)12(10(15)16)5-6-17-11(3,4)7-12/h8-9H,5-7H2,1-4H3,(H,15,16). The number of amides is 1. The van der Waals surface area contributed by atoms with Crippen molar-refractivity contribution in [1.82, 2.24) is 4.90 Å². The van der Waals surface area contributed by atoms with E-state index in [1.165, 1.54) is 4.90 Å². The van der Waals surface area contributed by atoms with Crippen LogP contribution < -0.4 is 0 Å². The molecule has 98 valence electrons. The first-order valence-electron chi connectivity index (χ1n) is 5.86. The lowest BCUT2D eigenvalue weighted by molar-refractivity contribution is -0.177. The second-order valence-corrected chi connectivity index (χ2v) is 5.48. The van der Waals surface area contributed by atoms with Gasteiger partial charge in [0.05, 0.1) is 12.2 Å². The molecule has 1 unspecified atom stereocenters. The molecule has 1 N–H and O–H groups in total. The SMILES string of the molecule is CC(C)N(C=O)C1(C(=O)O)CCOC(C)(C)C1. The molecule has 0 aliphatic carbocycles. The van der Waals surface area contributed by atoms with Crippen LogP contribution in [0.5, 0.6) is 0 Å². The Bertz CT molecular complexity index is 314. The fraction of sp³-hybridized carbons (Fsp3) is 0.833. The molecule has 1 fully saturated rings. The number of rotatable bonds is 4. The molecular formula is C12H21NO4. The predicted molar refractivity (Wildman–Crippen MR) is 62.7 cm³/mol. The molecule has 1 rings (SSSR count). The van der Waals surface area contributed by atoms with Gasteiger partial charge in [-0.25, -0.2) is 4.79 Å².